The number of anilines is 1. The van der Waals surface area contributed by atoms with E-state index in [1.807, 2.05) is 0 Å². The Hall–Kier alpha value is -1.62. The normalized spacial score (nSPS) is 20.4. The van der Waals surface area contributed by atoms with Crippen LogP contribution in [0.2, 0.25) is 0 Å². The van der Waals surface area contributed by atoms with Crippen LogP contribution in [0.15, 0.2) is 18.2 Å². The van der Waals surface area contributed by atoms with E-state index in [9.17, 15) is 14.3 Å². The molecule has 1 heterocycles. The summed E-state index contributed by atoms with van der Waals surface area (Å²) in [5.41, 5.74) is 0.571. The molecule has 1 aromatic carbocycles. The van der Waals surface area contributed by atoms with Crippen molar-refractivity contribution in [2.45, 2.75) is 19.4 Å². The Morgan fingerprint density at radius 1 is 1.58 bits per heavy atom. The summed E-state index contributed by atoms with van der Waals surface area (Å²) in [5, 5.41) is 12.3. The zero-order valence-electron chi connectivity index (χ0n) is 11.2. The van der Waals surface area contributed by atoms with Crippen molar-refractivity contribution >= 4 is 11.6 Å². The number of aliphatic hydroxyl groups is 1. The molecule has 1 aliphatic rings. The van der Waals surface area contributed by atoms with Gasteiger partial charge in [-0.25, -0.2) is 4.39 Å². The van der Waals surface area contributed by atoms with Crippen molar-refractivity contribution in [3.63, 3.8) is 0 Å². The average Bonchev–Trinajstić information content (AvgIpc) is 2.87. The highest BCUT2D eigenvalue weighted by Gasteiger charge is 2.30. The van der Waals surface area contributed by atoms with Crippen molar-refractivity contribution in [2.24, 2.45) is 5.92 Å². The summed E-state index contributed by atoms with van der Waals surface area (Å²) in [6.45, 7) is 2.87. The van der Waals surface area contributed by atoms with E-state index in [2.05, 4.69) is 5.32 Å². The van der Waals surface area contributed by atoms with Gasteiger partial charge in [0.15, 0.2) is 0 Å². The molecule has 19 heavy (non-hydrogen) atoms. The van der Waals surface area contributed by atoms with Crippen LogP contribution in [0.3, 0.4) is 0 Å². The van der Waals surface area contributed by atoms with E-state index in [0.29, 0.717) is 18.7 Å². The maximum atomic E-state index is 13.6. The first-order chi connectivity index (χ1) is 9.04. The molecular formula is C14H19FN2O2. The number of carbonyl (C=O) groups excluding carboxylic acids is 1. The van der Waals surface area contributed by atoms with E-state index in [1.165, 1.54) is 12.1 Å². The Balaban J connectivity index is 2.19. The summed E-state index contributed by atoms with van der Waals surface area (Å²) in [6.07, 6.45) is 0.363. The maximum absolute atomic E-state index is 13.6. The SMILES string of the molecule is CNc1c(F)cccc1C(=O)N1CCC(C(C)O)C1. The fourth-order valence-corrected chi connectivity index (χ4v) is 2.49. The predicted octanol–water partition coefficient (Wildman–Crippen LogP) is 1.71. The van der Waals surface area contributed by atoms with Gasteiger partial charge >= 0.3 is 0 Å². The number of aliphatic hydroxyl groups excluding tert-OH is 1. The van der Waals surface area contributed by atoms with Gasteiger partial charge in [-0.05, 0) is 25.5 Å². The second-order valence-electron chi connectivity index (χ2n) is 4.95. The van der Waals surface area contributed by atoms with Crippen molar-refractivity contribution in [2.75, 3.05) is 25.5 Å². The highest BCUT2D eigenvalue weighted by atomic mass is 19.1. The highest BCUT2D eigenvalue weighted by molar-refractivity contribution is 5.99. The van der Waals surface area contributed by atoms with Gasteiger partial charge < -0.3 is 15.3 Å². The number of benzene rings is 1. The third-order valence-electron chi connectivity index (χ3n) is 3.69. The Morgan fingerprint density at radius 2 is 2.32 bits per heavy atom. The van der Waals surface area contributed by atoms with Crippen LogP contribution in [0, 0.1) is 11.7 Å². The number of halogens is 1. The average molecular weight is 266 g/mol. The van der Waals surface area contributed by atoms with Crippen LogP contribution >= 0.6 is 0 Å². The molecule has 0 aliphatic carbocycles. The number of rotatable bonds is 3. The molecule has 2 N–H and O–H groups in total. The lowest BCUT2D eigenvalue weighted by molar-refractivity contribution is 0.0763. The molecule has 0 aromatic heterocycles. The van der Waals surface area contributed by atoms with E-state index in [0.717, 1.165) is 6.42 Å². The molecule has 2 rings (SSSR count). The molecule has 104 valence electrons. The fourth-order valence-electron chi connectivity index (χ4n) is 2.49. The number of hydrogen-bond donors (Lipinski definition) is 2. The monoisotopic (exact) mass is 266 g/mol. The van der Waals surface area contributed by atoms with E-state index >= 15 is 0 Å². The Kier molecular flexibility index (Phi) is 4.04. The number of amides is 1. The number of para-hydroxylation sites is 1. The lowest BCUT2D eigenvalue weighted by Gasteiger charge is -2.19. The van der Waals surface area contributed by atoms with Crippen LogP contribution in [-0.2, 0) is 0 Å². The second kappa shape index (κ2) is 5.57. The first-order valence-electron chi connectivity index (χ1n) is 6.48. The zero-order valence-corrected chi connectivity index (χ0v) is 11.2. The van der Waals surface area contributed by atoms with Crippen LogP contribution in [0.5, 0.6) is 0 Å². The summed E-state index contributed by atoms with van der Waals surface area (Å²) >= 11 is 0. The number of carbonyl (C=O) groups is 1. The van der Waals surface area contributed by atoms with Crippen molar-refractivity contribution in [1.82, 2.24) is 4.90 Å². The Bertz CT molecular complexity index is 477. The van der Waals surface area contributed by atoms with E-state index in [-0.39, 0.29) is 17.5 Å². The molecule has 1 fully saturated rings. The quantitative estimate of drug-likeness (QED) is 0.875. The lowest BCUT2D eigenvalue weighted by atomic mass is 10.0. The van der Waals surface area contributed by atoms with Crippen LogP contribution in [0.25, 0.3) is 0 Å². The Morgan fingerprint density at radius 3 is 2.89 bits per heavy atom. The van der Waals surface area contributed by atoms with Gasteiger partial charge in [0.2, 0.25) is 0 Å². The first-order valence-corrected chi connectivity index (χ1v) is 6.48. The Labute approximate surface area is 112 Å². The van der Waals surface area contributed by atoms with E-state index < -0.39 is 11.9 Å². The summed E-state index contributed by atoms with van der Waals surface area (Å²) in [7, 11) is 1.60. The third-order valence-corrected chi connectivity index (χ3v) is 3.69. The molecule has 5 heteroatoms. The number of nitrogens with one attached hydrogen (secondary N) is 1. The van der Waals surface area contributed by atoms with Crippen LogP contribution in [-0.4, -0.2) is 42.2 Å². The smallest absolute Gasteiger partial charge is 0.256 e. The third kappa shape index (κ3) is 2.71. The number of likely N-dealkylation sites (tertiary alicyclic amines) is 1. The van der Waals surface area contributed by atoms with Gasteiger partial charge in [0.25, 0.3) is 5.91 Å². The highest BCUT2D eigenvalue weighted by Crippen LogP contribution is 2.25. The van der Waals surface area contributed by atoms with Crippen LogP contribution in [0.4, 0.5) is 10.1 Å². The van der Waals surface area contributed by atoms with Gasteiger partial charge in [-0.1, -0.05) is 6.07 Å². The minimum absolute atomic E-state index is 0.107. The van der Waals surface area contributed by atoms with Gasteiger partial charge in [0, 0.05) is 26.1 Å². The molecule has 1 amide bonds. The molecule has 1 aromatic rings. The molecular weight excluding hydrogens is 247 g/mol. The fraction of sp³-hybridized carbons (Fsp3) is 0.500. The molecule has 0 radical (unpaired) electrons. The molecule has 1 saturated heterocycles. The first kappa shape index (κ1) is 13.8. The minimum atomic E-state index is -0.431. The van der Waals surface area contributed by atoms with Crippen LogP contribution < -0.4 is 5.32 Å². The molecule has 0 bridgehead atoms. The van der Waals surface area contributed by atoms with Crippen LogP contribution in [0.1, 0.15) is 23.7 Å². The van der Waals surface area contributed by atoms with E-state index in [4.69, 9.17) is 0 Å². The molecule has 0 spiro atoms. The van der Waals surface area contributed by atoms with Gasteiger partial charge in [-0.15, -0.1) is 0 Å². The predicted molar refractivity (Wildman–Crippen MR) is 71.6 cm³/mol. The standard InChI is InChI=1S/C14H19FN2O2/c1-9(18)10-6-7-17(8-10)14(19)11-4-3-5-12(15)13(11)16-2/h3-5,9-10,16,18H,6-8H2,1-2H3. The van der Waals surface area contributed by atoms with Crippen molar-refractivity contribution < 1.29 is 14.3 Å². The van der Waals surface area contributed by atoms with Crippen molar-refractivity contribution in [1.29, 1.82) is 0 Å². The molecule has 2 unspecified atom stereocenters. The largest absolute Gasteiger partial charge is 0.393 e. The van der Waals surface area contributed by atoms with Gasteiger partial charge in [0.1, 0.15) is 5.82 Å². The van der Waals surface area contributed by atoms with Gasteiger partial charge in [-0.3, -0.25) is 4.79 Å². The molecule has 0 saturated carbocycles. The maximum Gasteiger partial charge on any atom is 0.256 e. The molecule has 2 atom stereocenters. The topological polar surface area (TPSA) is 52.6 Å². The van der Waals surface area contributed by atoms with Crippen molar-refractivity contribution in [3.8, 4) is 0 Å². The number of hydrogen-bond acceptors (Lipinski definition) is 3. The summed E-state index contributed by atoms with van der Waals surface area (Å²) in [4.78, 5) is 14.1. The summed E-state index contributed by atoms with van der Waals surface area (Å²) in [5.74, 6) is -0.512. The second-order valence-corrected chi connectivity index (χ2v) is 4.95. The van der Waals surface area contributed by atoms with E-state index in [1.54, 1.807) is 24.9 Å². The summed E-state index contributed by atoms with van der Waals surface area (Å²) < 4.78 is 13.6. The zero-order chi connectivity index (χ0) is 14.0. The minimum Gasteiger partial charge on any atom is -0.393 e. The van der Waals surface area contributed by atoms with Gasteiger partial charge in [-0.2, -0.15) is 0 Å². The molecule has 1 aliphatic heterocycles. The van der Waals surface area contributed by atoms with Gasteiger partial charge in [0.05, 0.1) is 17.4 Å². The summed E-state index contributed by atoms with van der Waals surface area (Å²) in [6, 6.07) is 4.48. The van der Waals surface area contributed by atoms with Crippen molar-refractivity contribution in [3.05, 3.63) is 29.6 Å². The molecule has 4 nitrogen and oxygen atoms in total. The lowest BCUT2D eigenvalue weighted by Crippen LogP contribution is -2.31. The number of nitrogens with zero attached hydrogens (tertiary/aromatic N) is 1.